The van der Waals surface area contributed by atoms with E-state index in [1.54, 1.807) is 11.1 Å². The number of benzene rings is 1. The molecule has 1 aromatic carbocycles. The van der Waals surface area contributed by atoms with Crippen molar-refractivity contribution in [1.82, 2.24) is 9.88 Å². The fourth-order valence-corrected chi connectivity index (χ4v) is 3.00. The minimum absolute atomic E-state index is 0.164. The summed E-state index contributed by atoms with van der Waals surface area (Å²) in [7, 11) is 3.96. The fraction of sp³-hybridized carbons (Fsp3) is 0.316. The monoisotopic (exact) mass is 339 g/mol. The summed E-state index contributed by atoms with van der Waals surface area (Å²) >= 11 is 0. The summed E-state index contributed by atoms with van der Waals surface area (Å²) in [6.45, 7) is 0.730. The van der Waals surface area contributed by atoms with Gasteiger partial charge in [0, 0.05) is 50.8 Å². The van der Waals surface area contributed by atoms with Gasteiger partial charge in [0.2, 0.25) is 0 Å². The Balaban J connectivity index is 1.79. The number of rotatable bonds is 4. The number of aromatic nitrogens is 1. The highest BCUT2D eigenvalue weighted by Crippen LogP contribution is 2.24. The van der Waals surface area contributed by atoms with Crippen molar-refractivity contribution in [3.63, 3.8) is 0 Å². The number of carbonyl (C=O) groups excluding carboxylic acids is 1. The molecule has 1 saturated heterocycles. The van der Waals surface area contributed by atoms with Crippen molar-refractivity contribution in [2.75, 3.05) is 32.1 Å². The molecule has 25 heavy (non-hydrogen) atoms. The van der Waals surface area contributed by atoms with E-state index in [1.165, 1.54) is 6.20 Å². The number of carbonyl (C=O) groups is 2. The van der Waals surface area contributed by atoms with Gasteiger partial charge in [-0.1, -0.05) is 12.1 Å². The predicted molar refractivity (Wildman–Crippen MR) is 95.6 cm³/mol. The van der Waals surface area contributed by atoms with E-state index in [0.29, 0.717) is 18.5 Å². The van der Waals surface area contributed by atoms with E-state index < -0.39 is 11.9 Å². The van der Waals surface area contributed by atoms with Gasteiger partial charge in [-0.2, -0.15) is 0 Å². The van der Waals surface area contributed by atoms with Crippen LogP contribution in [-0.4, -0.2) is 54.1 Å². The maximum absolute atomic E-state index is 12.6. The second kappa shape index (κ2) is 6.93. The molecule has 1 aliphatic rings. The first-order valence-electron chi connectivity index (χ1n) is 8.20. The van der Waals surface area contributed by atoms with Gasteiger partial charge in [-0.15, -0.1) is 0 Å². The molecule has 6 heteroatoms. The Hall–Kier alpha value is -2.89. The molecule has 3 rings (SSSR count). The average Bonchev–Trinajstić information content (AvgIpc) is 3.12. The van der Waals surface area contributed by atoms with Crippen molar-refractivity contribution in [2.45, 2.75) is 6.42 Å². The number of carboxylic acid groups (broad SMARTS) is 1. The Labute approximate surface area is 146 Å². The third-order valence-corrected chi connectivity index (χ3v) is 4.53. The summed E-state index contributed by atoms with van der Waals surface area (Å²) in [6.07, 6.45) is 3.76. The number of amides is 1. The highest BCUT2D eigenvalue weighted by Gasteiger charge is 2.31. The third-order valence-electron chi connectivity index (χ3n) is 4.53. The molecule has 1 aromatic heterocycles. The molecular formula is C19H21N3O3. The van der Waals surface area contributed by atoms with Crippen LogP contribution in [0.1, 0.15) is 16.8 Å². The minimum atomic E-state index is -0.844. The number of nitrogens with zero attached hydrogens (tertiary/aromatic N) is 3. The van der Waals surface area contributed by atoms with Gasteiger partial charge < -0.3 is 14.9 Å². The van der Waals surface area contributed by atoms with Crippen LogP contribution in [0.5, 0.6) is 0 Å². The number of aliphatic carboxylic acids is 1. The van der Waals surface area contributed by atoms with Gasteiger partial charge in [0.25, 0.3) is 5.91 Å². The van der Waals surface area contributed by atoms with Crippen LogP contribution in [0.3, 0.4) is 0 Å². The van der Waals surface area contributed by atoms with Gasteiger partial charge in [-0.3, -0.25) is 14.6 Å². The molecule has 1 amide bonds. The van der Waals surface area contributed by atoms with E-state index in [2.05, 4.69) is 4.98 Å². The Kier molecular flexibility index (Phi) is 4.70. The van der Waals surface area contributed by atoms with Crippen LogP contribution in [0.4, 0.5) is 5.69 Å². The highest BCUT2D eigenvalue weighted by molar-refractivity contribution is 5.95. The van der Waals surface area contributed by atoms with E-state index in [1.807, 2.05) is 49.3 Å². The van der Waals surface area contributed by atoms with E-state index in [4.69, 9.17) is 5.11 Å². The number of likely N-dealkylation sites (tertiary alicyclic amines) is 1. The summed E-state index contributed by atoms with van der Waals surface area (Å²) in [6, 6.07) is 9.84. The van der Waals surface area contributed by atoms with Crippen molar-refractivity contribution in [3.8, 4) is 11.1 Å². The predicted octanol–water partition coefficient (Wildman–Crippen LogP) is 2.36. The van der Waals surface area contributed by atoms with Crippen LogP contribution >= 0.6 is 0 Å². The maximum atomic E-state index is 12.6. The second-order valence-electron chi connectivity index (χ2n) is 6.48. The third kappa shape index (κ3) is 3.63. The second-order valence-corrected chi connectivity index (χ2v) is 6.48. The van der Waals surface area contributed by atoms with Gasteiger partial charge >= 0.3 is 5.97 Å². The van der Waals surface area contributed by atoms with E-state index in [9.17, 15) is 9.59 Å². The molecule has 0 radical (unpaired) electrons. The zero-order valence-electron chi connectivity index (χ0n) is 14.3. The Morgan fingerprint density at radius 1 is 1.16 bits per heavy atom. The van der Waals surface area contributed by atoms with Crippen molar-refractivity contribution in [1.29, 1.82) is 0 Å². The summed E-state index contributed by atoms with van der Waals surface area (Å²) in [5.74, 6) is -1.48. The first-order valence-corrected chi connectivity index (χ1v) is 8.20. The van der Waals surface area contributed by atoms with Crippen LogP contribution in [0.15, 0.2) is 42.7 Å². The molecule has 130 valence electrons. The molecule has 1 N–H and O–H groups in total. The normalized spacial score (nSPS) is 16.7. The zero-order valence-corrected chi connectivity index (χ0v) is 14.3. The summed E-state index contributed by atoms with van der Waals surface area (Å²) in [5, 5.41) is 9.08. The molecule has 0 spiro atoms. The zero-order chi connectivity index (χ0) is 18.0. The lowest BCUT2D eigenvalue weighted by Crippen LogP contribution is -2.30. The van der Waals surface area contributed by atoms with Crippen molar-refractivity contribution < 1.29 is 14.7 Å². The summed E-state index contributed by atoms with van der Waals surface area (Å²) in [4.78, 5) is 31.5. The Morgan fingerprint density at radius 3 is 2.48 bits per heavy atom. The lowest BCUT2D eigenvalue weighted by atomic mass is 10.0. The standard InChI is InChI=1S/C19H21N3O3/c1-21(2)17-5-3-13(4-6-17)15-9-16(11-20-10-15)18(23)22-8-7-14(12-22)19(24)25/h3-6,9-11,14H,7-8,12H2,1-2H3,(H,24,25). The van der Waals surface area contributed by atoms with Crippen molar-refractivity contribution in [2.24, 2.45) is 5.92 Å². The van der Waals surface area contributed by atoms with E-state index in [-0.39, 0.29) is 12.5 Å². The van der Waals surface area contributed by atoms with Gasteiger partial charge in [0.05, 0.1) is 11.5 Å². The Bertz CT molecular complexity index is 787. The topological polar surface area (TPSA) is 73.7 Å². The molecule has 0 aliphatic carbocycles. The minimum Gasteiger partial charge on any atom is -0.481 e. The summed E-state index contributed by atoms with van der Waals surface area (Å²) in [5.41, 5.74) is 3.43. The first kappa shape index (κ1) is 17.0. The average molecular weight is 339 g/mol. The van der Waals surface area contributed by atoms with Crippen LogP contribution in [-0.2, 0) is 4.79 Å². The molecule has 2 heterocycles. The number of carboxylic acids is 1. The molecule has 1 unspecified atom stereocenters. The van der Waals surface area contributed by atoms with E-state index in [0.717, 1.165) is 16.8 Å². The van der Waals surface area contributed by atoms with Gasteiger partial charge in [-0.05, 0) is 30.2 Å². The summed E-state index contributed by atoms with van der Waals surface area (Å²) < 4.78 is 0. The van der Waals surface area contributed by atoms with Crippen LogP contribution in [0.25, 0.3) is 11.1 Å². The van der Waals surface area contributed by atoms with Crippen LogP contribution < -0.4 is 4.90 Å². The van der Waals surface area contributed by atoms with Crippen molar-refractivity contribution >= 4 is 17.6 Å². The molecular weight excluding hydrogens is 318 g/mol. The fourth-order valence-electron chi connectivity index (χ4n) is 3.00. The van der Waals surface area contributed by atoms with Crippen molar-refractivity contribution in [3.05, 3.63) is 48.3 Å². The molecule has 6 nitrogen and oxygen atoms in total. The molecule has 0 bridgehead atoms. The van der Waals surface area contributed by atoms with Gasteiger partial charge in [-0.25, -0.2) is 0 Å². The SMILES string of the molecule is CN(C)c1ccc(-c2cncc(C(=O)N3CCC(C(=O)O)C3)c2)cc1. The highest BCUT2D eigenvalue weighted by atomic mass is 16.4. The number of hydrogen-bond acceptors (Lipinski definition) is 4. The smallest absolute Gasteiger partial charge is 0.308 e. The largest absolute Gasteiger partial charge is 0.481 e. The van der Waals surface area contributed by atoms with Crippen LogP contribution in [0, 0.1) is 5.92 Å². The quantitative estimate of drug-likeness (QED) is 0.926. The lowest BCUT2D eigenvalue weighted by molar-refractivity contribution is -0.141. The van der Waals surface area contributed by atoms with E-state index >= 15 is 0 Å². The molecule has 1 aliphatic heterocycles. The lowest BCUT2D eigenvalue weighted by Gasteiger charge is -2.16. The van der Waals surface area contributed by atoms with Gasteiger partial charge in [0.1, 0.15) is 0 Å². The molecule has 1 fully saturated rings. The number of hydrogen-bond donors (Lipinski definition) is 1. The number of pyridine rings is 1. The van der Waals surface area contributed by atoms with Gasteiger partial charge in [0.15, 0.2) is 0 Å². The van der Waals surface area contributed by atoms with Crippen LogP contribution in [0.2, 0.25) is 0 Å². The maximum Gasteiger partial charge on any atom is 0.308 e. The molecule has 0 saturated carbocycles. The molecule has 2 aromatic rings. The Morgan fingerprint density at radius 2 is 1.88 bits per heavy atom. The number of anilines is 1. The molecule has 1 atom stereocenters. The first-order chi connectivity index (χ1) is 12.0.